The molecule has 2 N–H and O–H groups in total. The highest BCUT2D eigenvalue weighted by Gasteiger charge is 2.08. The first-order valence-corrected chi connectivity index (χ1v) is 7.38. The molecule has 2 aromatic rings. The molecule has 0 aromatic heterocycles. The molecule has 0 unspecified atom stereocenters. The summed E-state index contributed by atoms with van der Waals surface area (Å²) in [5, 5.41) is 13.9. The zero-order chi connectivity index (χ0) is 17.2. The fourth-order valence-electron chi connectivity index (χ4n) is 1.98. The third kappa shape index (κ3) is 5.46. The summed E-state index contributed by atoms with van der Waals surface area (Å²) in [6.07, 6.45) is -0.195. The predicted octanol–water partition coefficient (Wildman–Crippen LogP) is 2.23. The Bertz CT molecular complexity index is 739. The van der Waals surface area contributed by atoms with Crippen LogP contribution in [-0.2, 0) is 16.1 Å². The number of ether oxygens (including phenoxy) is 1. The van der Waals surface area contributed by atoms with E-state index in [2.05, 4.69) is 10.6 Å². The van der Waals surface area contributed by atoms with Crippen molar-refractivity contribution in [3.05, 3.63) is 60.2 Å². The van der Waals surface area contributed by atoms with Crippen molar-refractivity contribution in [3.63, 3.8) is 0 Å². The fourth-order valence-corrected chi connectivity index (χ4v) is 1.98. The summed E-state index contributed by atoms with van der Waals surface area (Å²) in [6, 6.07) is 18.0. The summed E-state index contributed by atoms with van der Waals surface area (Å²) in [5.74, 6) is -0.0367. The molecule has 0 saturated carbocycles. The maximum atomic E-state index is 12.0. The van der Waals surface area contributed by atoms with E-state index in [9.17, 15) is 9.59 Å². The van der Waals surface area contributed by atoms with E-state index in [1.807, 2.05) is 24.3 Å². The number of hydrogen-bond acceptors (Lipinski definition) is 4. The van der Waals surface area contributed by atoms with Crippen LogP contribution in [0.2, 0.25) is 0 Å². The molecule has 0 spiro atoms. The molecule has 0 atom stereocenters. The van der Waals surface area contributed by atoms with Crippen molar-refractivity contribution in [1.29, 1.82) is 5.26 Å². The molecule has 0 fully saturated rings. The predicted molar refractivity (Wildman–Crippen MR) is 89.1 cm³/mol. The van der Waals surface area contributed by atoms with E-state index >= 15 is 0 Å². The lowest BCUT2D eigenvalue weighted by molar-refractivity contribution is -0.120. The van der Waals surface area contributed by atoms with E-state index in [0.29, 0.717) is 11.4 Å². The van der Waals surface area contributed by atoms with E-state index in [-0.39, 0.29) is 31.4 Å². The van der Waals surface area contributed by atoms with Gasteiger partial charge in [0, 0.05) is 12.2 Å². The lowest BCUT2D eigenvalue weighted by atomic mass is 10.1. The second kappa shape index (κ2) is 8.96. The maximum absolute atomic E-state index is 12.0. The van der Waals surface area contributed by atoms with Crippen LogP contribution in [0.5, 0.6) is 5.75 Å². The van der Waals surface area contributed by atoms with Gasteiger partial charge in [-0.2, -0.15) is 5.26 Å². The van der Waals surface area contributed by atoms with Gasteiger partial charge in [0.1, 0.15) is 12.2 Å². The standard InChI is InChI=1S/C18H17N3O3/c19-11-10-17(22)20-12-14-6-4-5-9-16(14)21-18(23)13-24-15-7-2-1-3-8-15/h1-9H,10,12-13H2,(H,20,22)(H,21,23). The van der Waals surface area contributed by atoms with Gasteiger partial charge < -0.3 is 15.4 Å². The van der Waals surface area contributed by atoms with Crippen molar-refractivity contribution in [2.45, 2.75) is 13.0 Å². The van der Waals surface area contributed by atoms with Crippen molar-refractivity contribution < 1.29 is 14.3 Å². The molecular formula is C18H17N3O3. The molecule has 0 bridgehead atoms. The van der Waals surface area contributed by atoms with Crippen molar-refractivity contribution in [1.82, 2.24) is 5.32 Å². The first kappa shape index (κ1) is 17.0. The molecule has 0 aliphatic heterocycles. The molecule has 0 aliphatic carbocycles. The normalized spacial score (nSPS) is 9.62. The molecule has 6 nitrogen and oxygen atoms in total. The Labute approximate surface area is 140 Å². The van der Waals surface area contributed by atoms with Crippen LogP contribution >= 0.6 is 0 Å². The maximum Gasteiger partial charge on any atom is 0.262 e. The average Bonchev–Trinajstić information content (AvgIpc) is 2.60. The van der Waals surface area contributed by atoms with Gasteiger partial charge in [-0.15, -0.1) is 0 Å². The van der Waals surface area contributed by atoms with Gasteiger partial charge in [-0.1, -0.05) is 36.4 Å². The number of rotatable bonds is 7. The van der Waals surface area contributed by atoms with Crippen LogP contribution in [0.4, 0.5) is 5.69 Å². The van der Waals surface area contributed by atoms with Crippen LogP contribution in [0.25, 0.3) is 0 Å². The number of amides is 2. The minimum Gasteiger partial charge on any atom is -0.484 e. The topological polar surface area (TPSA) is 91.2 Å². The summed E-state index contributed by atoms with van der Waals surface area (Å²) in [7, 11) is 0. The number of nitriles is 1. The smallest absolute Gasteiger partial charge is 0.262 e. The van der Waals surface area contributed by atoms with Gasteiger partial charge in [0.2, 0.25) is 5.91 Å². The summed E-state index contributed by atoms with van der Waals surface area (Å²) >= 11 is 0. The van der Waals surface area contributed by atoms with Crippen LogP contribution < -0.4 is 15.4 Å². The van der Waals surface area contributed by atoms with Gasteiger partial charge >= 0.3 is 0 Å². The largest absolute Gasteiger partial charge is 0.484 e. The number of carbonyl (C=O) groups is 2. The highest BCUT2D eigenvalue weighted by Crippen LogP contribution is 2.15. The van der Waals surface area contributed by atoms with Gasteiger partial charge in [0.25, 0.3) is 5.91 Å². The first-order chi connectivity index (χ1) is 11.7. The van der Waals surface area contributed by atoms with Crippen molar-refractivity contribution >= 4 is 17.5 Å². The highest BCUT2D eigenvalue weighted by atomic mass is 16.5. The second-order valence-corrected chi connectivity index (χ2v) is 4.92. The van der Waals surface area contributed by atoms with E-state index in [0.717, 1.165) is 5.56 Å². The Morgan fingerprint density at radius 2 is 1.71 bits per heavy atom. The molecule has 0 radical (unpaired) electrons. The van der Waals surface area contributed by atoms with Crippen molar-refractivity contribution in [3.8, 4) is 11.8 Å². The third-order valence-electron chi connectivity index (χ3n) is 3.12. The first-order valence-electron chi connectivity index (χ1n) is 7.38. The third-order valence-corrected chi connectivity index (χ3v) is 3.12. The van der Waals surface area contributed by atoms with E-state index in [1.54, 1.807) is 36.4 Å². The lowest BCUT2D eigenvalue weighted by Crippen LogP contribution is -2.24. The number of hydrogen-bond donors (Lipinski definition) is 2. The molecule has 24 heavy (non-hydrogen) atoms. The fraction of sp³-hybridized carbons (Fsp3) is 0.167. The average molecular weight is 323 g/mol. The zero-order valence-electron chi connectivity index (χ0n) is 13.0. The Kier molecular flexibility index (Phi) is 6.35. The molecular weight excluding hydrogens is 306 g/mol. The van der Waals surface area contributed by atoms with Gasteiger partial charge in [0.05, 0.1) is 6.07 Å². The lowest BCUT2D eigenvalue weighted by Gasteiger charge is -2.12. The number of nitrogens with one attached hydrogen (secondary N) is 2. The molecule has 0 heterocycles. The number of carbonyl (C=O) groups excluding carboxylic acids is 2. The Morgan fingerprint density at radius 3 is 2.46 bits per heavy atom. The number of nitrogens with zero attached hydrogens (tertiary/aromatic N) is 1. The van der Waals surface area contributed by atoms with Gasteiger partial charge in [-0.25, -0.2) is 0 Å². The molecule has 122 valence electrons. The molecule has 0 saturated heterocycles. The Morgan fingerprint density at radius 1 is 1.00 bits per heavy atom. The number of benzene rings is 2. The summed E-state index contributed by atoms with van der Waals surface area (Å²) in [4.78, 5) is 23.4. The Balaban J connectivity index is 1.90. The quantitative estimate of drug-likeness (QED) is 0.817. The summed E-state index contributed by atoms with van der Waals surface area (Å²) in [6.45, 7) is 0.121. The van der Waals surface area contributed by atoms with Crippen molar-refractivity contribution in [2.24, 2.45) is 0 Å². The SMILES string of the molecule is N#CCC(=O)NCc1ccccc1NC(=O)COc1ccccc1. The number of anilines is 1. The molecule has 2 amide bonds. The molecule has 0 aliphatic rings. The summed E-state index contributed by atoms with van der Waals surface area (Å²) < 4.78 is 5.39. The molecule has 2 aromatic carbocycles. The molecule has 2 rings (SSSR count). The van der Waals surface area contributed by atoms with E-state index < -0.39 is 0 Å². The van der Waals surface area contributed by atoms with Gasteiger partial charge in [0.15, 0.2) is 6.61 Å². The van der Waals surface area contributed by atoms with Gasteiger partial charge in [-0.3, -0.25) is 9.59 Å². The Hall–Kier alpha value is -3.33. The number of para-hydroxylation sites is 2. The van der Waals surface area contributed by atoms with Crippen LogP contribution in [0.15, 0.2) is 54.6 Å². The van der Waals surface area contributed by atoms with Crippen LogP contribution in [0.1, 0.15) is 12.0 Å². The van der Waals surface area contributed by atoms with Crippen molar-refractivity contribution in [2.75, 3.05) is 11.9 Å². The second-order valence-electron chi connectivity index (χ2n) is 4.92. The van der Waals surface area contributed by atoms with Crippen LogP contribution in [0, 0.1) is 11.3 Å². The van der Waals surface area contributed by atoms with E-state index in [1.165, 1.54) is 0 Å². The highest BCUT2D eigenvalue weighted by molar-refractivity contribution is 5.92. The molecule has 6 heteroatoms. The monoisotopic (exact) mass is 323 g/mol. The zero-order valence-corrected chi connectivity index (χ0v) is 13.0. The summed E-state index contributed by atoms with van der Waals surface area (Å²) in [5.41, 5.74) is 1.34. The minimum absolute atomic E-state index is 0.112. The van der Waals surface area contributed by atoms with Crippen LogP contribution in [-0.4, -0.2) is 18.4 Å². The van der Waals surface area contributed by atoms with Crippen LogP contribution in [0.3, 0.4) is 0 Å². The minimum atomic E-state index is -0.356. The van der Waals surface area contributed by atoms with Gasteiger partial charge in [-0.05, 0) is 23.8 Å². The van der Waals surface area contributed by atoms with E-state index in [4.69, 9.17) is 10.00 Å².